The first-order valence-electron chi connectivity index (χ1n) is 8.02. The fourth-order valence-electron chi connectivity index (χ4n) is 1.44. The van der Waals surface area contributed by atoms with Gasteiger partial charge >= 0.3 is 36.8 Å². The number of alkyl halides is 3. The second kappa shape index (κ2) is 9.15. The second-order valence-corrected chi connectivity index (χ2v) is 15.8. The molecule has 0 fully saturated rings. The highest BCUT2D eigenvalue weighted by Gasteiger charge is 2.48. The van der Waals surface area contributed by atoms with E-state index in [4.69, 9.17) is 4.43 Å². The molecule has 0 amide bonds. The van der Waals surface area contributed by atoms with Crippen molar-refractivity contribution in [1.82, 2.24) is 0 Å². The van der Waals surface area contributed by atoms with Crippen LogP contribution in [0.5, 0.6) is 5.75 Å². The standard InChI is InChI=1S/C17H23F3IO4SSi/c1-16(2,3)27(4,5)24-13-7-6-12-21-14-8-10-15(11-9-14)25-26(22,23)17(18,19)20/h8-11H,7,13H2,1-5H3/q+1. The van der Waals surface area contributed by atoms with Crippen LogP contribution in [0.4, 0.5) is 13.2 Å². The Hall–Kier alpha value is -0.773. The molecule has 0 N–H and O–H groups in total. The van der Waals surface area contributed by atoms with Crippen LogP contribution in [0.1, 0.15) is 27.2 Å². The van der Waals surface area contributed by atoms with Gasteiger partial charge in [0.2, 0.25) is 3.57 Å². The highest BCUT2D eigenvalue weighted by Crippen LogP contribution is 2.36. The lowest BCUT2D eigenvalue weighted by Crippen LogP contribution is -3.59. The molecule has 0 bridgehead atoms. The molecule has 1 aromatic carbocycles. The van der Waals surface area contributed by atoms with Gasteiger partial charge in [-0.15, -0.1) is 0 Å². The van der Waals surface area contributed by atoms with E-state index in [0.29, 0.717) is 13.0 Å². The largest absolute Gasteiger partial charge is 0.534 e. The summed E-state index contributed by atoms with van der Waals surface area (Å²) in [5.74, 6) is 2.67. The van der Waals surface area contributed by atoms with Gasteiger partial charge in [-0.2, -0.15) is 21.6 Å². The topological polar surface area (TPSA) is 52.6 Å². The summed E-state index contributed by atoms with van der Waals surface area (Å²) in [4.78, 5) is 0. The molecule has 1 aromatic rings. The van der Waals surface area contributed by atoms with Crippen LogP contribution < -0.4 is 25.4 Å². The maximum Gasteiger partial charge on any atom is 0.534 e. The monoisotopic (exact) mass is 535 g/mol. The quantitative estimate of drug-likeness (QED) is 0.139. The Morgan fingerprint density at radius 3 is 2.15 bits per heavy atom. The van der Waals surface area contributed by atoms with E-state index in [1.54, 1.807) is 0 Å². The van der Waals surface area contributed by atoms with E-state index < -0.39 is 45.1 Å². The molecule has 1 rings (SSSR count). The predicted octanol–water partition coefficient (Wildman–Crippen LogP) is 1.55. The van der Waals surface area contributed by atoms with Gasteiger partial charge in [-0.1, -0.05) is 20.8 Å². The number of hydrogen-bond acceptors (Lipinski definition) is 4. The van der Waals surface area contributed by atoms with E-state index in [9.17, 15) is 21.6 Å². The lowest BCUT2D eigenvalue weighted by molar-refractivity contribution is -0.535. The van der Waals surface area contributed by atoms with Crippen LogP contribution in [-0.2, 0) is 14.5 Å². The lowest BCUT2D eigenvalue weighted by Gasteiger charge is -2.35. The Morgan fingerprint density at radius 2 is 1.67 bits per heavy atom. The highest BCUT2D eigenvalue weighted by atomic mass is 127. The average molecular weight is 535 g/mol. The van der Waals surface area contributed by atoms with Crippen LogP contribution in [0.25, 0.3) is 0 Å². The van der Waals surface area contributed by atoms with E-state index >= 15 is 0 Å². The van der Waals surface area contributed by atoms with Crippen molar-refractivity contribution in [2.45, 2.75) is 50.8 Å². The van der Waals surface area contributed by atoms with Crippen molar-refractivity contribution < 1.29 is 51.4 Å². The van der Waals surface area contributed by atoms with Crippen molar-refractivity contribution in [3.05, 3.63) is 27.8 Å². The Morgan fingerprint density at radius 1 is 1.11 bits per heavy atom. The van der Waals surface area contributed by atoms with E-state index in [0.717, 1.165) is 3.57 Å². The Kier molecular flexibility index (Phi) is 8.22. The maximum atomic E-state index is 12.3. The van der Waals surface area contributed by atoms with Crippen molar-refractivity contribution >= 4 is 18.4 Å². The molecular formula is C17H23F3IO4SSi+. The molecular weight excluding hydrogens is 512 g/mol. The molecule has 0 aromatic heterocycles. The van der Waals surface area contributed by atoms with Crippen LogP contribution in [0.3, 0.4) is 0 Å². The summed E-state index contributed by atoms with van der Waals surface area (Å²) in [6.07, 6.45) is 0.622. The SMILES string of the molecule is CC(C)(C)[Si](C)(C)OCCC#C[I+]c1ccc(OS(=O)(=O)C(F)(F)F)cc1. The molecule has 0 aliphatic heterocycles. The average Bonchev–Trinajstić information content (AvgIpc) is 2.49. The molecule has 0 radical (unpaired) electrons. The third-order valence-corrected chi connectivity index (χ3v) is 11.5. The van der Waals surface area contributed by atoms with Gasteiger partial charge in [0.1, 0.15) is 5.75 Å². The first kappa shape index (κ1) is 24.3. The summed E-state index contributed by atoms with van der Waals surface area (Å²) in [5, 5.41) is 0.150. The van der Waals surface area contributed by atoms with E-state index in [1.165, 1.54) is 24.3 Å². The molecule has 0 saturated heterocycles. The first-order valence-corrected chi connectivity index (χ1v) is 14.5. The van der Waals surface area contributed by atoms with Crippen molar-refractivity contribution in [2.24, 2.45) is 0 Å². The minimum Gasteiger partial charge on any atom is -0.416 e. The second-order valence-electron chi connectivity index (χ2n) is 7.16. The van der Waals surface area contributed by atoms with Crippen molar-refractivity contribution in [3.8, 4) is 15.6 Å². The molecule has 0 aliphatic carbocycles. The van der Waals surface area contributed by atoms with Gasteiger partial charge in [0, 0.05) is 13.0 Å². The van der Waals surface area contributed by atoms with Crippen LogP contribution in [0.15, 0.2) is 24.3 Å². The molecule has 0 heterocycles. The minimum absolute atomic E-state index is 0.150. The summed E-state index contributed by atoms with van der Waals surface area (Å²) < 4.78 is 72.7. The Labute approximate surface area is 170 Å². The lowest BCUT2D eigenvalue weighted by atomic mass is 10.2. The number of halogens is 4. The Balaban J connectivity index is 2.51. The van der Waals surface area contributed by atoms with Crippen LogP contribution >= 0.6 is 0 Å². The number of rotatable bonds is 6. The summed E-state index contributed by atoms with van der Waals surface area (Å²) in [6, 6.07) is 5.44. The van der Waals surface area contributed by atoms with E-state index in [2.05, 4.69) is 47.9 Å². The molecule has 0 unspecified atom stereocenters. The number of hydrogen-bond donors (Lipinski definition) is 0. The molecule has 0 aliphatic rings. The van der Waals surface area contributed by atoms with Crippen molar-refractivity contribution in [1.29, 1.82) is 0 Å². The fraction of sp³-hybridized carbons (Fsp3) is 0.529. The van der Waals surface area contributed by atoms with Crippen molar-refractivity contribution in [2.75, 3.05) is 6.61 Å². The minimum atomic E-state index is -5.64. The normalized spacial score (nSPS) is 13.0. The third-order valence-electron chi connectivity index (χ3n) is 4.02. The van der Waals surface area contributed by atoms with Gasteiger partial charge in [0.15, 0.2) is 12.2 Å². The molecule has 0 atom stereocenters. The molecule has 4 nitrogen and oxygen atoms in total. The third kappa shape index (κ3) is 7.63. The predicted molar refractivity (Wildman–Crippen MR) is 96.3 cm³/mol. The molecule has 0 saturated carbocycles. The van der Waals surface area contributed by atoms with Gasteiger partial charge in [-0.05, 0) is 48.3 Å². The van der Waals surface area contributed by atoms with Gasteiger partial charge in [0.25, 0.3) is 0 Å². The van der Waals surface area contributed by atoms with Gasteiger partial charge < -0.3 is 8.61 Å². The maximum absolute atomic E-state index is 12.3. The Bertz CT molecular complexity index is 789. The molecule has 27 heavy (non-hydrogen) atoms. The molecule has 152 valence electrons. The summed E-state index contributed by atoms with van der Waals surface area (Å²) in [5.41, 5.74) is -5.45. The van der Waals surface area contributed by atoms with Crippen LogP contribution in [0.2, 0.25) is 18.1 Å². The van der Waals surface area contributed by atoms with Crippen molar-refractivity contribution in [3.63, 3.8) is 0 Å². The van der Waals surface area contributed by atoms with Crippen LogP contribution in [0, 0.1) is 13.4 Å². The molecule has 0 spiro atoms. The zero-order chi connectivity index (χ0) is 20.9. The number of benzene rings is 1. The highest BCUT2D eigenvalue weighted by molar-refractivity contribution is 7.88. The van der Waals surface area contributed by atoms with E-state index in [-0.39, 0.29) is 10.8 Å². The van der Waals surface area contributed by atoms with Gasteiger partial charge in [0.05, 0.1) is 0 Å². The summed E-state index contributed by atoms with van der Waals surface area (Å²) in [6.45, 7) is 11.4. The molecule has 10 heteroatoms. The first-order chi connectivity index (χ1) is 12.2. The summed E-state index contributed by atoms with van der Waals surface area (Å²) >= 11 is -0.645. The van der Waals surface area contributed by atoms with Crippen LogP contribution in [-0.4, -0.2) is 28.9 Å². The zero-order valence-corrected chi connectivity index (χ0v) is 19.8. The smallest absolute Gasteiger partial charge is 0.416 e. The summed E-state index contributed by atoms with van der Waals surface area (Å²) in [7, 11) is -7.41. The fourth-order valence-corrected chi connectivity index (χ4v) is 4.43. The van der Waals surface area contributed by atoms with Gasteiger partial charge in [-0.3, -0.25) is 0 Å². The zero-order valence-electron chi connectivity index (χ0n) is 15.8. The van der Waals surface area contributed by atoms with E-state index in [1.807, 2.05) is 0 Å². The van der Waals surface area contributed by atoms with Gasteiger partial charge in [-0.25, -0.2) is 0 Å².